The van der Waals surface area contributed by atoms with Crippen LogP contribution >= 0.6 is 0 Å². The van der Waals surface area contributed by atoms with Crippen molar-refractivity contribution in [3.63, 3.8) is 0 Å². The third-order valence-electron chi connectivity index (χ3n) is 3.84. The lowest BCUT2D eigenvalue weighted by Crippen LogP contribution is -2.28. The topological polar surface area (TPSA) is 82.0 Å². The molecule has 0 spiro atoms. The number of nitrogens with zero attached hydrogens (tertiary/aromatic N) is 1. The molecule has 2 amide bonds. The van der Waals surface area contributed by atoms with E-state index >= 15 is 0 Å². The minimum absolute atomic E-state index is 0.154. The second kappa shape index (κ2) is 9.38. The highest BCUT2D eigenvalue weighted by Gasteiger charge is 2.13. The van der Waals surface area contributed by atoms with Crippen molar-refractivity contribution in [1.29, 1.82) is 5.26 Å². The third-order valence-corrected chi connectivity index (χ3v) is 3.84. The number of benzene rings is 2. The summed E-state index contributed by atoms with van der Waals surface area (Å²) in [5.74, 6) is 0.00767. The first-order valence-electron chi connectivity index (χ1n) is 8.65. The molecule has 0 heterocycles. The Morgan fingerprint density at radius 2 is 1.77 bits per heavy atom. The van der Waals surface area contributed by atoms with E-state index in [1.54, 1.807) is 36.4 Å². The highest BCUT2D eigenvalue weighted by molar-refractivity contribution is 6.03. The monoisotopic (exact) mass is 349 g/mol. The Balaban J connectivity index is 1.96. The molecule has 0 radical (unpaired) electrons. The van der Waals surface area contributed by atoms with E-state index in [0.29, 0.717) is 42.1 Å². The molecule has 5 nitrogen and oxygen atoms in total. The van der Waals surface area contributed by atoms with Gasteiger partial charge in [0.2, 0.25) is 5.91 Å². The van der Waals surface area contributed by atoms with Gasteiger partial charge in [0.05, 0.1) is 22.9 Å². The Kier molecular flexibility index (Phi) is 6.92. The van der Waals surface area contributed by atoms with Gasteiger partial charge in [-0.2, -0.15) is 5.26 Å². The lowest BCUT2D eigenvalue weighted by Gasteiger charge is -2.12. The standard InChI is InChI=1S/C21H23N3O2/c1-15(2)14-23-21(26)18-5-3-4-6-19(18)24-20(25)12-11-16-7-9-17(13-22)10-8-16/h3-10,15H,11-12,14H2,1-2H3,(H,23,26)(H,24,25). The van der Waals surface area contributed by atoms with Gasteiger partial charge in [-0.3, -0.25) is 9.59 Å². The van der Waals surface area contributed by atoms with Crippen LogP contribution in [0.5, 0.6) is 0 Å². The SMILES string of the molecule is CC(C)CNC(=O)c1ccccc1NC(=O)CCc1ccc(C#N)cc1. The highest BCUT2D eigenvalue weighted by Crippen LogP contribution is 2.16. The number of hydrogen-bond acceptors (Lipinski definition) is 3. The van der Waals surface area contributed by atoms with Crippen molar-refractivity contribution in [2.45, 2.75) is 26.7 Å². The molecule has 0 saturated heterocycles. The van der Waals surface area contributed by atoms with E-state index in [9.17, 15) is 9.59 Å². The van der Waals surface area contributed by atoms with E-state index in [-0.39, 0.29) is 11.8 Å². The molecule has 0 unspecified atom stereocenters. The van der Waals surface area contributed by atoms with Gasteiger partial charge in [-0.15, -0.1) is 0 Å². The van der Waals surface area contributed by atoms with Crippen LogP contribution in [0.4, 0.5) is 5.69 Å². The van der Waals surface area contributed by atoms with Gasteiger partial charge in [-0.1, -0.05) is 38.1 Å². The molecule has 26 heavy (non-hydrogen) atoms. The van der Waals surface area contributed by atoms with Crippen LogP contribution in [-0.2, 0) is 11.2 Å². The molecule has 0 saturated carbocycles. The van der Waals surface area contributed by atoms with Crippen LogP contribution in [0.3, 0.4) is 0 Å². The van der Waals surface area contributed by atoms with Crippen LogP contribution in [0.25, 0.3) is 0 Å². The summed E-state index contributed by atoms with van der Waals surface area (Å²) in [5.41, 5.74) is 2.56. The normalized spacial score (nSPS) is 10.2. The zero-order chi connectivity index (χ0) is 18.9. The van der Waals surface area contributed by atoms with Crippen molar-refractivity contribution in [3.05, 3.63) is 65.2 Å². The second-order valence-corrected chi connectivity index (χ2v) is 6.51. The Hall–Kier alpha value is -3.13. The van der Waals surface area contributed by atoms with Gasteiger partial charge in [0, 0.05) is 13.0 Å². The van der Waals surface area contributed by atoms with E-state index in [0.717, 1.165) is 5.56 Å². The Morgan fingerprint density at radius 3 is 2.42 bits per heavy atom. The zero-order valence-electron chi connectivity index (χ0n) is 15.1. The minimum atomic E-state index is -0.193. The molecule has 0 fully saturated rings. The van der Waals surface area contributed by atoms with Gasteiger partial charge >= 0.3 is 0 Å². The lowest BCUT2D eigenvalue weighted by atomic mass is 10.1. The van der Waals surface area contributed by atoms with Crippen molar-refractivity contribution >= 4 is 17.5 Å². The summed E-state index contributed by atoms with van der Waals surface area (Å²) in [5, 5.41) is 14.5. The third kappa shape index (κ3) is 5.75. The second-order valence-electron chi connectivity index (χ2n) is 6.51. The van der Waals surface area contributed by atoms with Gasteiger partial charge in [-0.05, 0) is 42.2 Å². The largest absolute Gasteiger partial charge is 0.352 e. The van der Waals surface area contributed by atoms with E-state index in [2.05, 4.69) is 16.7 Å². The number of hydrogen-bond donors (Lipinski definition) is 2. The van der Waals surface area contributed by atoms with E-state index in [1.807, 2.05) is 26.0 Å². The summed E-state index contributed by atoms with van der Waals surface area (Å²) in [6.07, 6.45) is 0.868. The van der Waals surface area contributed by atoms with Gasteiger partial charge in [-0.25, -0.2) is 0 Å². The highest BCUT2D eigenvalue weighted by atomic mass is 16.2. The first-order chi connectivity index (χ1) is 12.5. The van der Waals surface area contributed by atoms with Crippen molar-refractivity contribution in [2.75, 3.05) is 11.9 Å². The van der Waals surface area contributed by atoms with Crippen molar-refractivity contribution in [3.8, 4) is 6.07 Å². The number of rotatable bonds is 7. The van der Waals surface area contributed by atoms with Crippen LogP contribution in [0, 0.1) is 17.2 Å². The Morgan fingerprint density at radius 1 is 1.08 bits per heavy atom. The molecule has 0 aliphatic heterocycles. The van der Waals surface area contributed by atoms with Gasteiger partial charge < -0.3 is 10.6 Å². The quantitative estimate of drug-likeness (QED) is 0.802. The lowest BCUT2D eigenvalue weighted by molar-refractivity contribution is -0.116. The van der Waals surface area contributed by atoms with E-state index in [1.165, 1.54) is 0 Å². The van der Waals surface area contributed by atoms with Crippen LogP contribution in [0.1, 0.15) is 41.8 Å². The molecule has 2 aromatic rings. The maximum atomic E-state index is 12.3. The molecule has 5 heteroatoms. The van der Waals surface area contributed by atoms with Crippen molar-refractivity contribution in [1.82, 2.24) is 5.32 Å². The number of anilines is 1. The maximum absolute atomic E-state index is 12.3. The number of carbonyl (C=O) groups excluding carboxylic acids is 2. The number of aryl methyl sites for hydroxylation is 1. The number of nitrogens with one attached hydrogen (secondary N) is 2. The molecule has 0 aromatic heterocycles. The summed E-state index contributed by atoms with van der Waals surface area (Å²) in [6, 6.07) is 16.2. The molecule has 134 valence electrons. The molecule has 0 bridgehead atoms. The minimum Gasteiger partial charge on any atom is -0.352 e. The van der Waals surface area contributed by atoms with Crippen LogP contribution < -0.4 is 10.6 Å². The molecule has 0 aliphatic carbocycles. The molecule has 2 aromatic carbocycles. The summed E-state index contributed by atoms with van der Waals surface area (Å²) < 4.78 is 0. The average Bonchev–Trinajstić information content (AvgIpc) is 2.65. The van der Waals surface area contributed by atoms with E-state index < -0.39 is 0 Å². The summed E-state index contributed by atoms with van der Waals surface area (Å²) in [6.45, 7) is 4.63. The first kappa shape index (κ1) is 19.2. The van der Waals surface area contributed by atoms with Crippen molar-refractivity contribution in [2.24, 2.45) is 5.92 Å². The fraction of sp³-hybridized carbons (Fsp3) is 0.286. The smallest absolute Gasteiger partial charge is 0.253 e. The molecule has 0 atom stereocenters. The predicted octanol–water partition coefficient (Wildman–Crippen LogP) is 3.52. The zero-order valence-corrected chi connectivity index (χ0v) is 15.1. The van der Waals surface area contributed by atoms with E-state index in [4.69, 9.17) is 5.26 Å². The molecular formula is C21H23N3O2. The Bertz CT molecular complexity index is 805. The van der Waals surface area contributed by atoms with Gasteiger partial charge in [0.15, 0.2) is 0 Å². The fourth-order valence-corrected chi connectivity index (χ4v) is 2.40. The van der Waals surface area contributed by atoms with Crippen LogP contribution in [-0.4, -0.2) is 18.4 Å². The van der Waals surface area contributed by atoms with Gasteiger partial charge in [0.1, 0.15) is 0 Å². The predicted molar refractivity (Wildman–Crippen MR) is 102 cm³/mol. The van der Waals surface area contributed by atoms with Gasteiger partial charge in [0.25, 0.3) is 5.91 Å². The molecule has 0 aliphatic rings. The average molecular weight is 349 g/mol. The summed E-state index contributed by atoms with van der Waals surface area (Å²) in [7, 11) is 0. The summed E-state index contributed by atoms with van der Waals surface area (Å²) in [4.78, 5) is 24.6. The number of para-hydroxylation sites is 1. The van der Waals surface area contributed by atoms with Crippen molar-refractivity contribution < 1.29 is 9.59 Å². The molecule has 2 rings (SSSR count). The van der Waals surface area contributed by atoms with Crippen LogP contribution in [0.15, 0.2) is 48.5 Å². The number of nitriles is 1. The molecule has 2 N–H and O–H groups in total. The Labute approximate surface area is 154 Å². The first-order valence-corrected chi connectivity index (χ1v) is 8.65. The molecular weight excluding hydrogens is 326 g/mol. The summed E-state index contributed by atoms with van der Waals surface area (Å²) >= 11 is 0. The maximum Gasteiger partial charge on any atom is 0.253 e. The fourth-order valence-electron chi connectivity index (χ4n) is 2.40. The van der Waals surface area contributed by atoms with Crippen LogP contribution in [0.2, 0.25) is 0 Å². The number of carbonyl (C=O) groups is 2. The number of amides is 2.